The molecule has 5 nitrogen and oxygen atoms in total. The average molecular weight is 469 g/mol. The largest absolute Gasteiger partial charge is 0.490 e. The summed E-state index contributed by atoms with van der Waals surface area (Å²) in [5.41, 5.74) is 2.25. The second-order valence-electron chi connectivity index (χ2n) is 8.39. The van der Waals surface area contributed by atoms with Gasteiger partial charge in [0.05, 0.1) is 6.61 Å². The molecule has 0 atom stereocenters. The Hall–Kier alpha value is -2.93. The monoisotopic (exact) mass is 468 g/mol. The number of benzene rings is 2. The molecule has 174 valence electrons. The van der Waals surface area contributed by atoms with E-state index in [1.54, 1.807) is 21.9 Å². The lowest BCUT2D eigenvalue weighted by Crippen LogP contribution is -2.41. The molecule has 2 fully saturated rings. The lowest BCUT2D eigenvalue weighted by molar-refractivity contribution is -0.124. The highest BCUT2D eigenvalue weighted by Crippen LogP contribution is 2.33. The van der Waals surface area contributed by atoms with Gasteiger partial charge in [-0.3, -0.25) is 9.69 Å². The molecule has 0 aromatic heterocycles. The van der Waals surface area contributed by atoms with Crippen molar-refractivity contribution in [1.82, 2.24) is 9.80 Å². The van der Waals surface area contributed by atoms with Gasteiger partial charge in [-0.05, 0) is 73.5 Å². The average Bonchev–Trinajstić information content (AvgIpc) is 3.03. The van der Waals surface area contributed by atoms with Gasteiger partial charge in [0.2, 0.25) is 0 Å². The van der Waals surface area contributed by atoms with Crippen molar-refractivity contribution in [2.45, 2.75) is 51.7 Å². The molecule has 33 heavy (non-hydrogen) atoms. The summed E-state index contributed by atoms with van der Waals surface area (Å²) in [6.07, 6.45) is 7.35. The van der Waals surface area contributed by atoms with Crippen LogP contribution in [-0.2, 0) is 11.4 Å². The quantitative estimate of drug-likeness (QED) is 0.395. The highest BCUT2D eigenvalue weighted by molar-refractivity contribution is 7.80. The maximum absolute atomic E-state index is 13.2. The van der Waals surface area contributed by atoms with Crippen LogP contribution in [0.15, 0.2) is 48.2 Å². The third-order valence-electron chi connectivity index (χ3n) is 6.11. The maximum Gasteiger partial charge on any atom is 0.277 e. The van der Waals surface area contributed by atoms with Crippen molar-refractivity contribution in [3.05, 3.63) is 65.1 Å². The number of ether oxygens (including phenoxy) is 2. The molecule has 1 amide bonds. The molecule has 0 radical (unpaired) electrons. The number of nitrogens with zero attached hydrogens (tertiary/aromatic N) is 2. The van der Waals surface area contributed by atoms with Gasteiger partial charge in [0, 0.05) is 13.1 Å². The predicted octanol–water partition coefficient (Wildman–Crippen LogP) is 5.54. The van der Waals surface area contributed by atoms with Gasteiger partial charge in [-0.15, -0.1) is 0 Å². The molecule has 0 unspecified atom stereocenters. The Kier molecular flexibility index (Phi) is 7.28. The number of amides is 1. The predicted molar refractivity (Wildman–Crippen MR) is 130 cm³/mol. The number of rotatable bonds is 7. The minimum absolute atomic E-state index is 0.0380. The number of likely N-dealkylation sites (N-methyl/N-ethyl adjacent to an activating group) is 1. The minimum atomic E-state index is -0.279. The number of halogens is 1. The van der Waals surface area contributed by atoms with Gasteiger partial charge >= 0.3 is 0 Å². The fourth-order valence-electron chi connectivity index (χ4n) is 4.34. The van der Waals surface area contributed by atoms with Crippen molar-refractivity contribution in [3.63, 3.8) is 0 Å². The molecule has 0 N–H and O–H groups in total. The lowest BCUT2D eigenvalue weighted by Gasteiger charge is -2.30. The van der Waals surface area contributed by atoms with E-state index in [-0.39, 0.29) is 17.8 Å². The van der Waals surface area contributed by atoms with Crippen LogP contribution in [0.25, 0.3) is 6.08 Å². The van der Waals surface area contributed by atoms with Crippen molar-refractivity contribution < 1.29 is 18.7 Å². The first-order valence-electron chi connectivity index (χ1n) is 11.4. The van der Waals surface area contributed by atoms with E-state index >= 15 is 0 Å². The fourth-order valence-corrected chi connectivity index (χ4v) is 4.67. The van der Waals surface area contributed by atoms with Gasteiger partial charge in [0.25, 0.3) is 5.91 Å². The van der Waals surface area contributed by atoms with Crippen LogP contribution in [-0.4, -0.2) is 40.5 Å². The molecule has 1 aliphatic heterocycles. The van der Waals surface area contributed by atoms with E-state index in [1.165, 1.54) is 18.6 Å². The van der Waals surface area contributed by atoms with E-state index in [0.717, 1.165) is 36.8 Å². The zero-order chi connectivity index (χ0) is 23.4. The first kappa shape index (κ1) is 23.2. The molecule has 2 aromatic rings. The summed E-state index contributed by atoms with van der Waals surface area (Å²) in [7, 11) is 1.85. The Bertz CT molecular complexity index is 1050. The van der Waals surface area contributed by atoms with Crippen LogP contribution in [0.4, 0.5) is 4.39 Å². The van der Waals surface area contributed by atoms with Gasteiger partial charge in [-0.2, -0.15) is 0 Å². The molecule has 0 spiro atoms. The normalized spacial score (nSPS) is 18.3. The smallest absolute Gasteiger partial charge is 0.277 e. The third kappa shape index (κ3) is 5.19. The second-order valence-corrected chi connectivity index (χ2v) is 8.76. The van der Waals surface area contributed by atoms with Crippen LogP contribution in [0.1, 0.15) is 50.2 Å². The Morgan fingerprint density at radius 3 is 2.48 bits per heavy atom. The van der Waals surface area contributed by atoms with Crippen LogP contribution < -0.4 is 9.47 Å². The molecule has 2 aliphatic rings. The molecule has 1 saturated heterocycles. The fraction of sp³-hybridized carbons (Fsp3) is 0.385. The van der Waals surface area contributed by atoms with Gasteiger partial charge < -0.3 is 14.4 Å². The molecule has 1 heterocycles. The van der Waals surface area contributed by atoms with Crippen LogP contribution >= 0.6 is 12.2 Å². The Balaban J connectivity index is 1.54. The minimum Gasteiger partial charge on any atom is -0.490 e. The molecule has 0 bridgehead atoms. The maximum atomic E-state index is 13.2. The SMILES string of the molecule is CCOc1cc(/C=C2/C(=O)N(C3CCCCC3)C(=S)N2C)ccc1OCc1ccc(F)cc1. The van der Waals surface area contributed by atoms with E-state index in [1.807, 2.05) is 38.2 Å². The summed E-state index contributed by atoms with van der Waals surface area (Å²) in [5, 5.41) is 0.572. The number of thiocarbonyl (C=S) groups is 1. The van der Waals surface area contributed by atoms with Gasteiger partial charge in [0.1, 0.15) is 18.1 Å². The van der Waals surface area contributed by atoms with Crippen LogP contribution in [0.3, 0.4) is 0 Å². The summed E-state index contributed by atoms with van der Waals surface area (Å²) < 4.78 is 24.8. The Labute approximate surface area is 199 Å². The van der Waals surface area contributed by atoms with Gasteiger partial charge in [-0.1, -0.05) is 37.5 Å². The van der Waals surface area contributed by atoms with Crippen LogP contribution in [0.5, 0.6) is 11.5 Å². The topological polar surface area (TPSA) is 42.0 Å². The number of carbonyl (C=O) groups excluding carboxylic acids is 1. The van der Waals surface area contributed by atoms with Crippen molar-refractivity contribution >= 4 is 29.3 Å². The van der Waals surface area contributed by atoms with Crippen molar-refractivity contribution in [3.8, 4) is 11.5 Å². The van der Waals surface area contributed by atoms with E-state index in [4.69, 9.17) is 21.7 Å². The lowest BCUT2D eigenvalue weighted by atomic mass is 9.94. The Morgan fingerprint density at radius 1 is 1.06 bits per heavy atom. The zero-order valence-electron chi connectivity index (χ0n) is 19.1. The summed E-state index contributed by atoms with van der Waals surface area (Å²) in [5.74, 6) is 0.866. The second kappa shape index (κ2) is 10.3. The van der Waals surface area contributed by atoms with Gasteiger partial charge in [-0.25, -0.2) is 4.39 Å². The number of carbonyl (C=O) groups is 1. The molecular weight excluding hydrogens is 439 g/mol. The molecule has 7 heteroatoms. The van der Waals surface area contributed by atoms with Crippen molar-refractivity contribution in [1.29, 1.82) is 0 Å². The standard InChI is InChI=1S/C26H29FN2O3S/c1-3-31-24-16-19(11-14-23(24)32-17-18-9-12-20(27)13-10-18)15-22-25(30)29(26(33)28(22)2)21-7-5-4-6-8-21/h9-16,21H,3-8,17H2,1-2H3/b22-15-. The Morgan fingerprint density at radius 2 is 1.79 bits per heavy atom. The number of hydrogen-bond donors (Lipinski definition) is 0. The van der Waals surface area contributed by atoms with E-state index < -0.39 is 0 Å². The van der Waals surface area contributed by atoms with Gasteiger partial charge in [0.15, 0.2) is 16.6 Å². The van der Waals surface area contributed by atoms with E-state index in [2.05, 4.69) is 0 Å². The van der Waals surface area contributed by atoms with E-state index in [0.29, 0.717) is 35.5 Å². The molecular formula is C26H29FN2O3S. The summed E-state index contributed by atoms with van der Waals surface area (Å²) >= 11 is 5.61. The first-order valence-corrected chi connectivity index (χ1v) is 11.9. The summed E-state index contributed by atoms with van der Waals surface area (Å²) in [6, 6.07) is 12.0. The zero-order valence-corrected chi connectivity index (χ0v) is 19.9. The summed E-state index contributed by atoms with van der Waals surface area (Å²) in [6.45, 7) is 2.68. The molecule has 1 aliphatic carbocycles. The molecule has 4 rings (SSSR count). The third-order valence-corrected chi connectivity index (χ3v) is 6.58. The van der Waals surface area contributed by atoms with E-state index in [9.17, 15) is 9.18 Å². The van der Waals surface area contributed by atoms with Crippen molar-refractivity contribution in [2.24, 2.45) is 0 Å². The highest BCUT2D eigenvalue weighted by atomic mass is 32.1. The van der Waals surface area contributed by atoms with Crippen LogP contribution in [0, 0.1) is 5.82 Å². The highest BCUT2D eigenvalue weighted by Gasteiger charge is 2.40. The number of hydrogen-bond acceptors (Lipinski definition) is 4. The van der Waals surface area contributed by atoms with Crippen molar-refractivity contribution in [2.75, 3.05) is 13.7 Å². The first-order chi connectivity index (χ1) is 16.0. The van der Waals surface area contributed by atoms with Crippen LogP contribution in [0.2, 0.25) is 0 Å². The molecule has 2 aromatic carbocycles. The summed E-state index contributed by atoms with van der Waals surface area (Å²) in [4.78, 5) is 16.8. The molecule has 1 saturated carbocycles.